The van der Waals surface area contributed by atoms with Crippen LogP contribution in [0, 0.1) is 18.8 Å². The quantitative estimate of drug-likeness (QED) is 0.848. The maximum atomic E-state index is 12.5. The van der Waals surface area contributed by atoms with E-state index in [1.54, 1.807) is 24.3 Å². The van der Waals surface area contributed by atoms with Crippen LogP contribution in [-0.4, -0.2) is 14.1 Å². The molecule has 3 atom stereocenters. The molecule has 0 aromatic heterocycles. The molecule has 5 heteroatoms. The fraction of sp³-hybridized carbons (Fsp3) is 0.350. The van der Waals surface area contributed by atoms with E-state index in [-0.39, 0.29) is 10.8 Å². The van der Waals surface area contributed by atoms with Crippen molar-refractivity contribution in [3.8, 4) is 0 Å². The summed E-state index contributed by atoms with van der Waals surface area (Å²) in [6.45, 7) is 1.93. The van der Waals surface area contributed by atoms with E-state index in [1.165, 1.54) is 12.0 Å². The third-order valence-electron chi connectivity index (χ3n) is 5.47. The van der Waals surface area contributed by atoms with E-state index in [4.69, 9.17) is 0 Å². The van der Waals surface area contributed by atoms with Gasteiger partial charge in [0, 0.05) is 11.6 Å². The van der Waals surface area contributed by atoms with Crippen LogP contribution in [0.3, 0.4) is 0 Å². The summed E-state index contributed by atoms with van der Waals surface area (Å²) in [6.07, 6.45) is 3.43. The minimum atomic E-state index is -3.62. The highest BCUT2D eigenvalue weighted by Crippen LogP contribution is 2.51. The summed E-state index contributed by atoms with van der Waals surface area (Å²) in [7, 11) is -3.62. The summed E-state index contributed by atoms with van der Waals surface area (Å²) in [5.41, 5.74) is 3.27. The van der Waals surface area contributed by atoms with Crippen LogP contribution < -0.4 is 4.83 Å². The van der Waals surface area contributed by atoms with Crippen molar-refractivity contribution < 1.29 is 8.42 Å². The van der Waals surface area contributed by atoms with Gasteiger partial charge in [0.05, 0.1) is 4.90 Å². The van der Waals surface area contributed by atoms with Gasteiger partial charge in [0.15, 0.2) is 0 Å². The minimum Gasteiger partial charge on any atom is -0.200 e. The van der Waals surface area contributed by atoms with E-state index >= 15 is 0 Å². The van der Waals surface area contributed by atoms with Gasteiger partial charge in [-0.2, -0.15) is 13.5 Å². The lowest BCUT2D eigenvalue weighted by Gasteiger charge is -2.24. The summed E-state index contributed by atoms with van der Waals surface area (Å²) in [4.78, 5) is 2.73. The van der Waals surface area contributed by atoms with Gasteiger partial charge in [0.2, 0.25) is 0 Å². The van der Waals surface area contributed by atoms with Crippen molar-refractivity contribution >= 4 is 15.7 Å². The molecule has 0 spiro atoms. The molecule has 0 heterocycles. The predicted molar refractivity (Wildman–Crippen MR) is 98.9 cm³/mol. The Balaban J connectivity index is 1.62. The third-order valence-corrected chi connectivity index (χ3v) is 6.69. The highest BCUT2D eigenvalue weighted by Gasteiger charge is 2.45. The molecule has 0 amide bonds. The summed E-state index contributed by atoms with van der Waals surface area (Å²) in [6, 6.07) is 17.2. The molecule has 2 aliphatic rings. The number of nitrogens with one attached hydrogen (secondary N) is 1. The van der Waals surface area contributed by atoms with Gasteiger partial charge < -0.3 is 0 Å². The number of fused-ring (bicyclic) bond motifs is 2. The highest BCUT2D eigenvalue weighted by atomic mass is 32.2. The van der Waals surface area contributed by atoms with E-state index in [9.17, 15) is 8.42 Å². The summed E-state index contributed by atoms with van der Waals surface area (Å²) < 4.78 is 25.1. The normalized spacial score (nSPS) is 26.9. The standard InChI is InChI=1S/C20H22N2O2S/c1-14-7-11-18(12-8-14)25(23,24)22-21-20-17-10-9-16(13-17)19(20)15-5-3-2-4-6-15/h2-8,11-12,16-17,19,22H,9-10,13H2,1H3/b21-20+. The number of hydrazone groups is 1. The molecule has 3 unspecified atom stereocenters. The van der Waals surface area contributed by atoms with Gasteiger partial charge in [-0.1, -0.05) is 48.0 Å². The first-order valence-electron chi connectivity index (χ1n) is 8.75. The SMILES string of the molecule is Cc1ccc(S(=O)(=O)N/N=C2\C3CCC(C3)C2c2ccccc2)cc1. The van der Waals surface area contributed by atoms with Crippen molar-refractivity contribution in [2.45, 2.75) is 37.0 Å². The second kappa shape index (κ2) is 6.30. The van der Waals surface area contributed by atoms with Crippen LogP contribution in [-0.2, 0) is 10.0 Å². The lowest BCUT2D eigenvalue weighted by molar-refractivity contribution is 0.530. The molecular weight excluding hydrogens is 332 g/mol. The maximum Gasteiger partial charge on any atom is 0.276 e. The number of hydrogen-bond acceptors (Lipinski definition) is 3. The molecule has 0 saturated heterocycles. The Kier molecular flexibility index (Phi) is 4.12. The molecular formula is C20H22N2O2S. The largest absolute Gasteiger partial charge is 0.276 e. The van der Waals surface area contributed by atoms with E-state index in [1.807, 2.05) is 25.1 Å². The van der Waals surface area contributed by atoms with Gasteiger partial charge in [-0.05, 0) is 55.7 Å². The van der Waals surface area contributed by atoms with Crippen LogP contribution >= 0.6 is 0 Å². The second-order valence-corrected chi connectivity index (χ2v) is 8.76. The summed E-state index contributed by atoms with van der Waals surface area (Å²) in [5, 5.41) is 4.41. The first kappa shape index (κ1) is 16.3. The number of benzene rings is 2. The first-order chi connectivity index (χ1) is 12.0. The zero-order chi connectivity index (χ0) is 17.4. The molecule has 4 rings (SSSR count). The molecule has 2 fully saturated rings. The van der Waals surface area contributed by atoms with Crippen molar-refractivity contribution in [3.05, 3.63) is 65.7 Å². The Morgan fingerprint density at radius 1 is 1.00 bits per heavy atom. The first-order valence-corrected chi connectivity index (χ1v) is 10.2. The average Bonchev–Trinajstić information content (AvgIpc) is 3.22. The van der Waals surface area contributed by atoms with E-state index in [2.05, 4.69) is 22.1 Å². The van der Waals surface area contributed by atoms with Crippen LogP contribution in [0.15, 0.2) is 64.6 Å². The van der Waals surface area contributed by atoms with Crippen molar-refractivity contribution in [1.82, 2.24) is 4.83 Å². The Labute approximate surface area is 149 Å². The molecule has 2 aromatic rings. The fourth-order valence-corrected chi connectivity index (χ4v) is 5.06. The van der Waals surface area contributed by atoms with Gasteiger partial charge >= 0.3 is 0 Å². The molecule has 2 aliphatic carbocycles. The molecule has 0 radical (unpaired) electrons. The Morgan fingerprint density at radius 3 is 2.44 bits per heavy atom. The third kappa shape index (κ3) is 3.09. The number of aryl methyl sites for hydroxylation is 1. The molecule has 4 nitrogen and oxygen atoms in total. The maximum absolute atomic E-state index is 12.5. The summed E-state index contributed by atoms with van der Waals surface area (Å²) >= 11 is 0. The monoisotopic (exact) mass is 354 g/mol. The molecule has 2 bridgehead atoms. The lowest BCUT2D eigenvalue weighted by Crippen LogP contribution is -2.26. The Morgan fingerprint density at radius 2 is 1.72 bits per heavy atom. The predicted octanol–water partition coefficient (Wildman–Crippen LogP) is 3.84. The minimum absolute atomic E-state index is 0.237. The van der Waals surface area contributed by atoms with Gasteiger partial charge in [-0.25, -0.2) is 4.83 Å². The highest BCUT2D eigenvalue weighted by molar-refractivity contribution is 7.89. The molecule has 2 aromatic carbocycles. The van der Waals surface area contributed by atoms with Crippen LogP contribution in [0.4, 0.5) is 0 Å². The van der Waals surface area contributed by atoms with Gasteiger partial charge in [-0.15, -0.1) is 0 Å². The Bertz CT molecular complexity index is 889. The van der Waals surface area contributed by atoms with Crippen molar-refractivity contribution in [2.75, 3.05) is 0 Å². The van der Waals surface area contributed by atoms with Crippen LogP contribution in [0.5, 0.6) is 0 Å². The zero-order valence-electron chi connectivity index (χ0n) is 14.2. The van der Waals surface area contributed by atoms with Crippen molar-refractivity contribution in [2.24, 2.45) is 16.9 Å². The smallest absolute Gasteiger partial charge is 0.200 e. The van der Waals surface area contributed by atoms with E-state index in [0.29, 0.717) is 11.8 Å². The zero-order valence-corrected chi connectivity index (χ0v) is 15.0. The lowest BCUT2D eigenvalue weighted by atomic mass is 9.82. The number of nitrogens with zero attached hydrogens (tertiary/aromatic N) is 1. The van der Waals surface area contributed by atoms with Crippen molar-refractivity contribution in [1.29, 1.82) is 0 Å². The molecule has 2 saturated carbocycles. The van der Waals surface area contributed by atoms with Gasteiger partial charge in [-0.3, -0.25) is 0 Å². The van der Waals surface area contributed by atoms with E-state index < -0.39 is 10.0 Å². The molecule has 1 N–H and O–H groups in total. The second-order valence-electron chi connectivity index (χ2n) is 7.10. The van der Waals surface area contributed by atoms with Crippen LogP contribution in [0.1, 0.15) is 36.3 Å². The number of hydrogen-bond donors (Lipinski definition) is 1. The van der Waals surface area contributed by atoms with Crippen molar-refractivity contribution in [3.63, 3.8) is 0 Å². The van der Waals surface area contributed by atoms with Gasteiger partial charge in [0.25, 0.3) is 10.0 Å². The number of rotatable bonds is 4. The number of sulfonamides is 1. The summed E-state index contributed by atoms with van der Waals surface area (Å²) in [5.74, 6) is 1.21. The Hall–Kier alpha value is -2.14. The fourth-order valence-electron chi connectivity index (χ4n) is 4.23. The van der Waals surface area contributed by atoms with Crippen LogP contribution in [0.2, 0.25) is 0 Å². The molecule has 25 heavy (non-hydrogen) atoms. The average molecular weight is 354 g/mol. The van der Waals surface area contributed by atoms with Gasteiger partial charge in [0.1, 0.15) is 0 Å². The molecule has 0 aliphatic heterocycles. The van der Waals surface area contributed by atoms with E-state index in [0.717, 1.165) is 24.1 Å². The molecule has 130 valence electrons. The van der Waals surface area contributed by atoms with Crippen LogP contribution in [0.25, 0.3) is 0 Å². The topological polar surface area (TPSA) is 58.5 Å².